The number of hydrogen-bond acceptors (Lipinski definition) is 40. The Morgan fingerprint density at radius 1 is 0.262 bits per heavy atom. The minimum atomic E-state index is -8.13. The van der Waals surface area contributed by atoms with Gasteiger partial charge >= 0.3 is 568 Å². The van der Waals surface area contributed by atoms with Crippen molar-refractivity contribution < 1.29 is 617 Å². The Hall–Kier alpha value is 11.5. The molecule has 0 spiro atoms. The zero-order valence-electron chi connectivity index (χ0n) is 28.2. The summed E-state index contributed by atoms with van der Waals surface area (Å²) in [5.74, 6) is 0. The molecule has 4 saturated heterocycles. The second-order valence-electron chi connectivity index (χ2n) is 5.99. The van der Waals surface area contributed by atoms with Gasteiger partial charge < -0.3 is 32.9 Å². The standard InChI is InChI=1S/Co.5K.6H2O.37O.12W/h;;;;;;6*1H2;;;;;;;;;;;;;;;;;;;;;;;;;;;;;;;;;;;;;;;;;;;;;;;;;/q;5*+1;;;;;;;;;;;;;;;;;;;;;;;;;;;;;;;;;;;;;;;;;;2*-1;;;;;;;;;;;;/p-3. The monoisotopic (exact) mass is 3160 g/mol. The predicted octanol–water partition coefficient (Wildman–Crippen LogP) is -23.9. The van der Waals surface area contributed by atoms with E-state index in [2.05, 4.69) is 24.5 Å². The first-order valence-corrected chi connectivity index (χ1v) is 66.8. The second kappa shape index (κ2) is 35.9. The molecule has 0 amide bonds. The fraction of sp³-hybridized carbons (Fsp3) is 0. The second-order valence-corrected chi connectivity index (χ2v) is 97.0. The fourth-order valence-corrected chi connectivity index (χ4v) is 161. The molecule has 0 aromatic carbocycles. The molecule has 4 fully saturated rings. The van der Waals surface area contributed by atoms with Crippen molar-refractivity contribution in [2.75, 3.05) is 0 Å². The first-order chi connectivity index (χ1) is 20.8. The van der Waals surface area contributed by atoms with E-state index in [0.29, 0.717) is 0 Å². The third kappa shape index (κ3) is 47.3. The Bertz CT molecular complexity index is 2120. The van der Waals surface area contributed by atoms with Crippen LogP contribution in [-0.2, 0) is 320 Å². The average Bonchev–Trinajstić information content (AvgIpc) is 2.50. The van der Waals surface area contributed by atoms with Gasteiger partial charge in [0.2, 0.25) is 0 Å². The molecule has 0 aromatic heterocycles. The zero-order chi connectivity index (χ0) is 39.4. The molecule has 4 rings (SSSR count). The van der Waals surface area contributed by atoms with Gasteiger partial charge in [0.1, 0.15) is 0 Å². The topological polar surface area (TPSA) is 734 Å². The van der Waals surface area contributed by atoms with E-state index in [0.717, 1.165) is 0 Å². The van der Waals surface area contributed by atoms with Crippen molar-refractivity contribution >= 4 is 0 Å². The summed E-state index contributed by atoms with van der Waals surface area (Å²) >= 11 is -77.7. The first kappa shape index (κ1) is 101. The SMILES string of the molecule is O.O.O.[Co].[K+].[K+].[K+].[K+].[K+].[OH-].[OH-].[OH-].[O]=[W]1(=[O])[O][W](=[O])(=[O])[O][W](=[O])(=[O])[O]1.[O]=[W]1(=[O])[O][W](=[O])(=[O])[O][W](=[O])(=[O])[O]1.[O]=[W]1(=[O])[O][W](=[O])(=[O])[O][W](=[O])(=[O])[O]1.[O]=[W]1(=[O])[O][W](=[O])(=[O])[O][W](=[O])([O-])([O-])[O]1. The summed E-state index contributed by atoms with van der Waals surface area (Å²) in [5, 5.41) is 0. The van der Waals surface area contributed by atoms with Crippen LogP contribution in [0.2, 0.25) is 0 Å². The van der Waals surface area contributed by atoms with Gasteiger partial charge in [-0.15, -0.1) is 0 Å². The van der Waals surface area contributed by atoms with Crippen molar-refractivity contribution in [2.24, 2.45) is 0 Å². The zero-order valence-corrected chi connectivity index (χ0v) is 80.0. The maximum atomic E-state index is 10.4. The van der Waals surface area contributed by atoms with Crippen molar-refractivity contribution in [2.45, 2.75) is 0 Å². The van der Waals surface area contributed by atoms with Crippen molar-refractivity contribution in [1.82, 2.24) is 0 Å². The molecule has 9 N–H and O–H groups in total. The molecule has 0 saturated carbocycles. The maximum absolute atomic E-state index is 10.4. The van der Waals surface area contributed by atoms with Gasteiger partial charge in [0, 0.05) is 16.8 Å². The molecular weight excluding hydrogens is 3150 g/mol. The molecule has 4 heterocycles. The van der Waals surface area contributed by atoms with E-state index in [1.54, 1.807) is 0 Å². The molecular formula is H9CoK5O43W12. The molecule has 1 radical (unpaired) electrons. The Balaban J connectivity index is -0.0000000493. The van der Waals surface area contributed by atoms with E-state index >= 15 is 0 Å². The third-order valence-corrected chi connectivity index (χ3v) is 138. The van der Waals surface area contributed by atoms with Gasteiger partial charge in [-0.1, -0.05) is 0 Å². The van der Waals surface area contributed by atoms with E-state index in [4.69, 9.17) is 0 Å². The summed E-state index contributed by atoms with van der Waals surface area (Å²) in [4.78, 5) is 0. The molecule has 61 heavy (non-hydrogen) atoms. The van der Waals surface area contributed by atoms with Crippen LogP contribution in [0.25, 0.3) is 0 Å². The summed E-state index contributed by atoms with van der Waals surface area (Å²) in [6, 6.07) is 0. The van der Waals surface area contributed by atoms with Crippen LogP contribution < -0.4 is 264 Å². The first-order valence-electron chi connectivity index (χ1n) is 8.17. The molecule has 0 atom stereocenters. The average molecular weight is 3160 g/mol. The van der Waals surface area contributed by atoms with Gasteiger partial charge in [0.25, 0.3) is 0 Å². The van der Waals surface area contributed by atoms with Crippen LogP contribution in [0, 0.1) is 0 Å². The Morgan fingerprint density at radius 3 is 0.426 bits per heavy atom. The van der Waals surface area contributed by atoms with Gasteiger partial charge in [-0.25, -0.2) is 0 Å². The van der Waals surface area contributed by atoms with E-state index in [9.17, 15) is 85.7 Å². The third-order valence-electron chi connectivity index (χ3n) is 2.06. The quantitative estimate of drug-likeness (QED) is 0.203. The fourth-order valence-electron chi connectivity index (χ4n) is 1.43. The van der Waals surface area contributed by atoms with Gasteiger partial charge in [0.15, 0.2) is 0 Å². The number of rotatable bonds is 0. The molecule has 4 aliphatic rings. The van der Waals surface area contributed by atoms with Crippen LogP contribution >= 0.6 is 0 Å². The van der Waals surface area contributed by atoms with Crippen LogP contribution in [0.15, 0.2) is 0 Å². The molecule has 0 bridgehead atoms. The van der Waals surface area contributed by atoms with Crippen LogP contribution in [0.3, 0.4) is 0 Å². The number of hydrogen-bond donors (Lipinski definition) is 0. The summed E-state index contributed by atoms with van der Waals surface area (Å²) in [6.45, 7) is 0. The van der Waals surface area contributed by atoms with E-state index in [1.165, 1.54) is 0 Å². The van der Waals surface area contributed by atoms with E-state index < -0.39 is 201 Å². The predicted molar refractivity (Wildman–Crippen MR) is 45.5 cm³/mol. The molecule has 0 aliphatic carbocycles. The van der Waals surface area contributed by atoms with Gasteiger partial charge in [-0.3, -0.25) is 0 Å². The molecule has 61 heteroatoms. The Morgan fingerprint density at radius 2 is 0.344 bits per heavy atom. The van der Waals surface area contributed by atoms with Gasteiger partial charge in [-0.2, -0.15) is 0 Å². The summed E-state index contributed by atoms with van der Waals surface area (Å²) in [7, 11) is 0. The van der Waals surface area contributed by atoms with Crippen molar-refractivity contribution in [1.29, 1.82) is 0 Å². The molecule has 4 aliphatic heterocycles. The Kier molecular flexibility index (Phi) is 59.7. The van der Waals surface area contributed by atoms with Crippen LogP contribution in [0.4, 0.5) is 0 Å². The summed E-state index contributed by atoms with van der Waals surface area (Å²) in [6.07, 6.45) is 0. The molecule has 0 unspecified atom stereocenters. The van der Waals surface area contributed by atoms with Crippen LogP contribution in [0.5, 0.6) is 0 Å². The summed E-state index contributed by atoms with van der Waals surface area (Å²) < 4.78 is 300. The van der Waals surface area contributed by atoms with Crippen LogP contribution in [0.1, 0.15) is 0 Å². The van der Waals surface area contributed by atoms with Crippen molar-refractivity contribution in [3.05, 3.63) is 0 Å². The minimum absolute atomic E-state index is 0. The van der Waals surface area contributed by atoms with Crippen molar-refractivity contribution in [3.8, 4) is 0 Å². The summed E-state index contributed by atoms with van der Waals surface area (Å²) in [5.41, 5.74) is 0. The van der Waals surface area contributed by atoms with Crippen molar-refractivity contribution in [3.63, 3.8) is 0 Å². The molecule has 0 aromatic rings. The molecule has 43 nitrogen and oxygen atoms in total. The van der Waals surface area contributed by atoms with E-state index in [-0.39, 0.29) is 307 Å². The normalized spacial score (nSPS) is 26.2. The van der Waals surface area contributed by atoms with E-state index in [1.807, 2.05) is 0 Å². The van der Waals surface area contributed by atoms with Crippen LogP contribution in [-0.4, -0.2) is 32.9 Å². The van der Waals surface area contributed by atoms with Gasteiger partial charge in [-0.05, 0) is 0 Å². The Labute approximate surface area is 598 Å². The molecule has 353 valence electrons. The van der Waals surface area contributed by atoms with Gasteiger partial charge in [0.05, 0.1) is 0 Å².